The molecule has 0 fully saturated rings. The van der Waals surface area contributed by atoms with Crippen LogP contribution in [-0.2, 0) is 17.9 Å². The van der Waals surface area contributed by atoms with Gasteiger partial charge in [0.25, 0.3) is 5.91 Å². The summed E-state index contributed by atoms with van der Waals surface area (Å²) in [5.74, 6) is -0.837. The van der Waals surface area contributed by atoms with Crippen molar-refractivity contribution in [2.45, 2.75) is 13.2 Å². The Balaban J connectivity index is 1.76. The number of ether oxygens (including phenoxy) is 2. The smallest absolute Gasteiger partial charge is 0.251 e. The van der Waals surface area contributed by atoms with Gasteiger partial charge in [0, 0.05) is 23.2 Å². The minimum Gasteiger partial charge on any atom is -0.467 e. The van der Waals surface area contributed by atoms with E-state index in [2.05, 4.69) is 5.32 Å². The topological polar surface area (TPSA) is 47.6 Å². The maximum absolute atomic E-state index is 13.6. The Bertz CT molecular complexity index is 719. The van der Waals surface area contributed by atoms with Crippen LogP contribution in [0.15, 0.2) is 36.4 Å². The first kappa shape index (κ1) is 14.5. The predicted octanol–water partition coefficient (Wildman–Crippen LogP) is 2.76. The number of amides is 1. The minimum absolute atomic E-state index is 0.0788. The first-order valence-corrected chi connectivity index (χ1v) is 6.69. The number of carbonyl (C=O) groups excluding carboxylic acids is 1. The fourth-order valence-electron chi connectivity index (χ4n) is 2.30. The zero-order chi connectivity index (χ0) is 15.5. The lowest BCUT2D eigenvalue weighted by Crippen LogP contribution is -2.24. The maximum Gasteiger partial charge on any atom is 0.251 e. The highest BCUT2D eigenvalue weighted by molar-refractivity contribution is 5.94. The third-order valence-electron chi connectivity index (χ3n) is 3.28. The van der Waals surface area contributed by atoms with Crippen molar-refractivity contribution in [3.63, 3.8) is 0 Å². The standard InChI is InChI=1S/C16H13F2NO3/c17-13-3-1-2-10(4-13)16(20)19-7-11-5-14(18)6-12-8-21-9-22-15(11)12/h1-6H,7-9H2,(H,19,20). The summed E-state index contributed by atoms with van der Waals surface area (Å²) >= 11 is 0. The Morgan fingerprint density at radius 2 is 2.05 bits per heavy atom. The average molecular weight is 305 g/mol. The molecule has 114 valence electrons. The van der Waals surface area contributed by atoms with Gasteiger partial charge in [-0.25, -0.2) is 8.78 Å². The second-order valence-corrected chi connectivity index (χ2v) is 4.86. The Morgan fingerprint density at radius 1 is 1.18 bits per heavy atom. The van der Waals surface area contributed by atoms with Crippen molar-refractivity contribution in [3.8, 4) is 5.75 Å². The van der Waals surface area contributed by atoms with Crippen molar-refractivity contribution in [2.24, 2.45) is 0 Å². The van der Waals surface area contributed by atoms with Crippen LogP contribution in [-0.4, -0.2) is 12.7 Å². The average Bonchev–Trinajstić information content (AvgIpc) is 2.52. The minimum atomic E-state index is -0.490. The molecule has 2 aromatic carbocycles. The molecule has 4 nitrogen and oxygen atoms in total. The summed E-state index contributed by atoms with van der Waals surface area (Å²) in [4.78, 5) is 12.0. The molecule has 1 heterocycles. The van der Waals surface area contributed by atoms with Gasteiger partial charge in [0.05, 0.1) is 6.61 Å². The second-order valence-electron chi connectivity index (χ2n) is 4.86. The van der Waals surface area contributed by atoms with Crippen molar-refractivity contribution in [1.82, 2.24) is 5.32 Å². The van der Waals surface area contributed by atoms with Gasteiger partial charge in [0.1, 0.15) is 17.4 Å². The Morgan fingerprint density at radius 3 is 2.86 bits per heavy atom. The molecule has 0 spiro atoms. The molecule has 1 amide bonds. The summed E-state index contributed by atoms with van der Waals surface area (Å²) in [6.45, 7) is 0.427. The van der Waals surface area contributed by atoms with E-state index in [0.717, 1.165) is 6.07 Å². The molecule has 0 atom stereocenters. The summed E-state index contributed by atoms with van der Waals surface area (Å²) in [5, 5.41) is 2.63. The van der Waals surface area contributed by atoms with Crippen LogP contribution in [0.3, 0.4) is 0 Å². The van der Waals surface area contributed by atoms with Crippen molar-refractivity contribution >= 4 is 5.91 Å². The van der Waals surface area contributed by atoms with Crippen LogP contribution in [0, 0.1) is 11.6 Å². The van der Waals surface area contributed by atoms with Gasteiger partial charge in [-0.2, -0.15) is 0 Å². The highest BCUT2D eigenvalue weighted by Crippen LogP contribution is 2.29. The molecule has 0 bridgehead atoms. The van der Waals surface area contributed by atoms with Gasteiger partial charge < -0.3 is 14.8 Å². The van der Waals surface area contributed by atoms with Gasteiger partial charge in [0.15, 0.2) is 6.79 Å². The zero-order valence-corrected chi connectivity index (χ0v) is 11.6. The van der Waals surface area contributed by atoms with Crippen molar-refractivity contribution in [3.05, 3.63) is 64.7 Å². The first-order valence-electron chi connectivity index (χ1n) is 6.69. The van der Waals surface area contributed by atoms with Gasteiger partial charge in [-0.3, -0.25) is 4.79 Å². The van der Waals surface area contributed by atoms with E-state index in [0.29, 0.717) is 16.9 Å². The molecular formula is C16H13F2NO3. The van der Waals surface area contributed by atoms with Gasteiger partial charge in [-0.1, -0.05) is 6.07 Å². The number of hydrogen-bond donors (Lipinski definition) is 1. The van der Waals surface area contributed by atoms with Crippen LogP contribution in [0.4, 0.5) is 8.78 Å². The summed E-state index contributed by atoms with van der Waals surface area (Å²) in [5.41, 5.74) is 1.32. The molecule has 6 heteroatoms. The SMILES string of the molecule is O=C(NCc1cc(F)cc2c1OCOC2)c1cccc(F)c1. The van der Waals surface area contributed by atoms with Crippen LogP contribution in [0.1, 0.15) is 21.5 Å². The molecule has 22 heavy (non-hydrogen) atoms. The maximum atomic E-state index is 13.6. The lowest BCUT2D eigenvalue weighted by molar-refractivity contribution is -0.0173. The molecule has 1 aliphatic heterocycles. The largest absolute Gasteiger partial charge is 0.467 e. The molecular weight excluding hydrogens is 292 g/mol. The van der Waals surface area contributed by atoms with E-state index >= 15 is 0 Å². The lowest BCUT2D eigenvalue weighted by Gasteiger charge is -2.21. The summed E-state index contributed by atoms with van der Waals surface area (Å²) in [6.07, 6.45) is 0. The third-order valence-corrected chi connectivity index (χ3v) is 3.28. The highest BCUT2D eigenvalue weighted by Gasteiger charge is 2.17. The number of rotatable bonds is 3. The van der Waals surface area contributed by atoms with Crippen LogP contribution in [0.25, 0.3) is 0 Å². The normalized spacial score (nSPS) is 13.2. The number of benzene rings is 2. The van der Waals surface area contributed by atoms with E-state index in [9.17, 15) is 13.6 Å². The molecule has 0 unspecified atom stereocenters. The Hall–Kier alpha value is -2.47. The fourth-order valence-corrected chi connectivity index (χ4v) is 2.30. The van der Waals surface area contributed by atoms with E-state index in [-0.39, 0.29) is 25.5 Å². The van der Waals surface area contributed by atoms with Gasteiger partial charge in [-0.15, -0.1) is 0 Å². The third kappa shape index (κ3) is 3.07. The summed E-state index contributed by atoms with van der Waals surface area (Å²) < 4.78 is 37.1. The number of hydrogen-bond acceptors (Lipinski definition) is 3. The molecule has 0 saturated carbocycles. The molecule has 0 aliphatic carbocycles. The highest BCUT2D eigenvalue weighted by atomic mass is 19.1. The van der Waals surface area contributed by atoms with Crippen molar-refractivity contribution < 1.29 is 23.0 Å². The van der Waals surface area contributed by atoms with E-state index in [1.54, 1.807) is 0 Å². The van der Waals surface area contributed by atoms with Gasteiger partial charge in [-0.05, 0) is 30.3 Å². The molecule has 1 N–H and O–H groups in total. The van der Waals surface area contributed by atoms with Crippen molar-refractivity contribution in [1.29, 1.82) is 0 Å². The zero-order valence-electron chi connectivity index (χ0n) is 11.6. The molecule has 0 radical (unpaired) electrons. The molecule has 0 saturated heterocycles. The van der Waals surface area contributed by atoms with Crippen LogP contribution in [0.5, 0.6) is 5.75 Å². The fraction of sp³-hybridized carbons (Fsp3) is 0.188. The molecule has 1 aliphatic rings. The molecule has 3 rings (SSSR count). The summed E-state index contributed by atoms with van der Waals surface area (Å²) in [7, 11) is 0. The van der Waals surface area contributed by atoms with Crippen molar-refractivity contribution in [2.75, 3.05) is 6.79 Å². The lowest BCUT2D eigenvalue weighted by atomic mass is 10.1. The van der Waals surface area contributed by atoms with E-state index < -0.39 is 17.5 Å². The summed E-state index contributed by atoms with van der Waals surface area (Å²) in [6, 6.07) is 8.00. The number of nitrogens with one attached hydrogen (secondary N) is 1. The first-order chi connectivity index (χ1) is 10.6. The van der Waals surface area contributed by atoms with E-state index in [1.165, 1.54) is 30.3 Å². The quantitative estimate of drug-likeness (QED) is 0.948. The Kier molecular flexibility index (Phi) is 4.02. The van der Waals surface area contributed by atoms with Crippen LogP contribution < -0.4 is 10.1 Å². The second kappa shape index (κ2) is 6.11. The molecule has 2 aromatic rings. The monoisotopic (exact) mass is 305 g/mol. The predicted molar refractivity (Wildman–Crippen MR) is 74.3 cm³/mol. The van der Waals surface area contributed by atoms with E-state index in [4.69, 9.17) is 9.47 Å². The number of carbonyl (C=O) groups is 1. The van der Waals surface area contributed by atoms with E-state index in [1.807, 2.05) is 0 Å². The van der Waals surface area contributed by atoms with Gasteiger partial charge in [0.2, 0.25) is 0 Å². The number of fused-ring (bicyclic) bond motifs is 1. The molecule has 0 aromatic heterocycles. The Labute approximate surface area is 125 Å². The number of halogens is 2. The van der Waals surface area contributed by atoms with Gasteiger partial charge >= 0.3 is 0 Å². The van der Waals surface area contributed by atoms with Crippen LogP contribution in [0.2, 0.25) is 0 Å². The van der Waals surface area contributed by atoms with Crippen LogP contribution >= 0.6 is 0 Å².